The van der Waals surface area contributed by atoms with Gasteiger partial charge in [-0.3, -0.25) is 4.40 Å². The summed E-state index contributed by atoms with van der Waals surface area (Å²) in [4.78, 5) is 29.1. The number of imidazole rings is 1. The first-order chi connectivity index (χ1) is 13.7. The number of urea groups is 1. The smallest absolute Gasteiger partial charge is 0.320 e. The Morgan fingerprint density at radius 2 is 2.00 bits per heavy atom. The first-order valence-electron chi connectivity index (χ1n) is 9.88. The maximum absolute atomic E-state index is 13.0. The number of hydrogen-bond acceptors (Lipinski definition) is 4. The van der Waals surface area contributed by atoms with E-state index in [-0.39, 0.29) is 17.9 Å². The molecule has 1 N–H and O–H groups in total. The van der Waals surface area contributed by atoms with Gasteiger partial charge in [-0.25, -0.2) is 14.8 Å². The monoisotopic (exact) mass is 377 g/mol. The van der Waals surface area contributed by atoms with Crippen molar-refractivity contribution in [2.75, 3.05) is 26.2 Å². The summed E-state index contributed by atoms with van der Waals surface area (Å²) in [6.07, 6.45) is 7.31. The van der Waals surface area contributed by atoms with Gasteiger partial charge in [0.2, 0.25) is 0 Å². The molecule has 5 heterocycles. The van der Waals surface area contributed by atoms with Crippen molar-refractivity contribution in [1.29, 1.82) is 5.26 Å². The summed E-state index contributed by atoms with van der Waals surface area (Å²) < 4.78 is 2.16. The molecule has 8 nitrogen and oxygen atoms in total. The Bertz CT molecular complexity index is 1080. The standard InChI is InChI=1S/C20H23N7O/c1-13-3-6-26(20(28)25-7-4-14(8-21)11-25)12-16(13)19-24-10-15-9-23-18-17(27(15)19)2-5-22-18/h2,5,9-10,13-14,16,22H,3-4,6-7,11-12H2,1H3/t13-,14?,16+/m1/s1. The van der Waals surface area contributed by atoms with E-state index in [2.05, 4.69) is 27.4 Å². The minimum absolute atomic E-state index is 0.0333. The molecule has 3 aromatic rings. The van der Waals surface area contributed by atoms with Gasteiger partial charge in [0.15, 0.2) is 5.65 Å². The predicted molar refractivity (Wildman–Crippen MR) is 104 cm³/mol. The fourth-order valence-electron chi connectivity index (χ4n) is 4.58. The number of nitrogens with one attached hydrogen (secondary N) is 1. The highest BCUT2D eigenvalue weighted by Gasteiger charge is 2.36. The summed E-state index contributed by atoms with van der Waals surface area (Å²) in [5.41, 5.74) is 2.81. The van der Waals surface area contributed by atoms with Crippen LogP contribution in [-0.4, -0.2) is 61.4 Å². The van der Waals surface area contributed by atoms with Gasteiger partial charge in [0.25, 0.3) is 0 Å². The van der Waals surface area contributed by atoms with Crippen LogP contribution in [0.4, 0.5) is 4.79 Å². The zero-order valence-electron chi connectivity index (χ0n) is 15.9. The Morgan fingerprint density at radius 3 is 2.82 bits per heavy atom. The van der Waals surface area contributed by atoms with Gasteiger partial charge in [-0.2, -0.15) is 5.26 Å². The van der Waals surface area contributed by atoms with Crippen LogP contribution in [0, 0.1) is 23.2 Å². The molecule has 8 heteroatoms. The first kappa shape index (κ1) is 17.0. The van der Waals surface area contributed by atoms with E-state index in [1.807, 2.05) is 34.5 Å². The molecular formula is C20H23N7O. The van der Waals surface area contributed by atoms with Crippen molar-refractivity contribution in [2.24, 2.45) is 11.8 Å². The number of carbonyl (C=O) groups excluding carboxylic acids is 1. The molecule has 5 rings (SSSR count). The minimum Gasteiger partial charge on any atom is -0.345 e. The number of rotatable bonds is 1. The third-order valence-electron chi connectivity index (χ3n) is 6.29. The molecule has 2 saturated heterocycles. The van der Waals surface area contributed by atoms with E-state index < -0.39 is 0 Å². The molecule has 1 unspecified atom stereocenters. The number of fused-ring (bicyclic) bond motifs is 3. The SMILES string of the molecule is C[C@@H]1CCN(C(=O)N2CCC(C#N)C2)C[C@@H]1c1ncc2cnc3[nH]ccc3n12. The van der Waals surface area contributed by atoms with Gasteiger partial charge in [-0.1, -0.05) is 6.92 Å². The Labute approximate surface area is 162 Å². The van der Waals surface area contributed by atoms with Crippen molar-refractivity contribution < 1.29 is 4.79 Å². The summed E-state index contributed by atoms with van der Waals surface area (Å²) in [5.74, 6) is 1.55. The second-order valence-electron chi connectivity index (χ2n) is 8.01. The Morgan fingerprint density at radius 1 is 1.21 bits per heavy atom. The molecule has 2 aliphatic heterocycles. The Balaban J connectivity index is 1.45. The number of hydrogen-bond donors (Lipinski definition) is 1. The van der Waals surface area contributed by atoms with E-state index >= 15 is 0 Å². The highest BCUT2D eigenvalue weighted by Crippen LogP contribution is 2.33. The first-order valence-corrected chi connectivity index (χ1v) is 9.88. The largest absolute Gasteiger partial charge is 0.345 e. The molecule has 0 radical (unpaired) electrons. The molecule has 0 aromatic carbocycles. The van der Waals surface area contributed by atoms with Crippen molar-refractivity contribution in [3.63, 3.8) is 0 Å². The van der Waals surface area contributed by atoms with E-state index in [1.54, 1.807) is 0 Å². The van der Waals surface area contributed by atoms with Crippen LogP contribution in [0.25, 0.3) is 16.7 Å². The molecule has 0 spiro atoms. The van der Waals surface area contributed by atoms with Gasteiger partial charge in [0, 0.05) is 38.3 Å². The molecule has 2 amide bonds. The summed E-state index contributed by atoms with van der Waals surface area (Å²) in [6, 6.07) is 4.37. The van der Waals surface area contributed by atoms with Gasteiger partial charge in [0.05, 0.1) is 35.4 Å². The molecule has 0 aliphatic carbocycles. The lowest BCUT2D eigenvalue weighted by Gasteiger charge is -2.38. The van der Waals surface area contributed by atoms with E-state index in [1.165, 1.54) is 0 Å². The predicted octanol–water partition coefficient (Wildman–Crippen LogP) is 2.60. The van der Waals surface area contributed by atoms with E-state index in [9.17, 15) is 4.79 Å². The zero-order valence-corrected chi connectivity index (χ0v) is 15.9. The van der Waals surface area contributed by atoms with E-state index in [0.29, 0.717) is 25.6 Å². The van der Waals surface area contributed by atoms with Crippen LogP contribution in [0.1, 0.15) is 31.5 Å². The average molecular weight is 377 g/mol. The fraction of sp³-hybridized carbons (Fsp3) is 0.500. The van der Waals surface area contributed by atoms with Crippen molar-refractivity contribution in [3.05, 3.63) is 30.5 Å². The van der Waals surface area contributed by atoms with E-state index in [0.717, 1.165) is 41.9 Å². The van der Waals surface area contributed by atoms with Gasteiger partial charge in [-0.05, 0) is 24.8 Å². The van der Waals surface area contributed by atoms with Gasteiger partial charge in [-0.15, -0.1) is 0 Å². The number of piperidine rings is 1. The van der Waals surface area contributed by atoms with E-state index in [4.69, 9.17) is 10.2 Å². The zero-order chi connectivity index (χ0) is 19.3. The number of nitrogens with zero attached hydrogens (tertiary/aromatic N) is 6. The van der Waals surface area contributed by atoms with Crippen LogP contribution in [0.3, 0.4) is 0 Å². The van der Waals surface area contributed by atoms with Crippen molar-refractivity contribution in [3.8, 4) is 6.07 Å². The summed E-state index contributed by atoms with van der Waals surface area (Å²) in [5, 5.41) is 9.13. The number of nitriles is 1. The van der Waals surface area contributed by atoms with Crippen LogP contribution in [0.5, 0.6) is 0 Å². The molecular weight excluding hydrogens is 354 g/mol. The number of aromatic nitrogens is 4. The summed E-state index contributed by atoms with van der Waals surface area (Å²) >= 11 is 0. The summed E-state index contributed by atoms with van der Waals surface area (Å²) in [6.45, 7) is 4.88. The normalized spacial score (nSPS) is 25.5. The van der Waals surface area contributed by atoms with Gasteiger partial charge < -0.3 is 14.8 Å². The maximum atomic E-state index is 13.0. The third-order valence-corrected chi connectivity index (χ3v) is 6.29. The molecule has 2 aliphatic rings. The molecule has 0 bridgehead atoms. The molecule has 144 valence electrons. The average Bonchev–Trinajstić information content (AvgIpc) is 3.45. The molecule has 28 heavy (non-hydrogen) atoms. The Hall–Kier alpha value is -3.08. The maximum Gasteiger partial charge on any atom is 0.320 e. The van der Waals surface area contributed by atoms with Crippen LogP contribution < -0.4 is 0 Å². The van der Waals surface area contributed by atoms with Crippen LogP contribution >= 0.6 is 0 Å². The second-order valence-corrected chi connectivity index (χ2v) is 8.01. The highest BCUT2D eigenvalue weighted by atomic mass is 16.2. The second kappa shape index (κ2) is 6.51. The van der Waals surface area contributed by atoms with Crippen molar-refractivity contribution in [2.45, 2.75) is 25.7 Å². The molecule has 3 aromatic heterocycles. The van der Waals surface area contributed by atoms with Crippen LogP contribution in [-0.2, 0) is 0 Å². The lowest BCUT2D eigenvalue weighted by Crippen LogP contribution is -2.48. The van der Waals surface area contributed by atoms with Crippen molar-refractivity contribution >= 4 is 22.7 Å². The molecule has 2 fully saturated rings. The van der Waals surface area contributed by atoms with Crippen molar-refractivity contribution in [1.82, 2.24) is 29.2 Å². The van der Waals surface area contributed by atoms with Gasteiger partial charge >= 0.3 is 6.03 Å². The molecule has 0 saturated carbocycles. The third kappa shape index (κ3) is 2.61. The fourth-order valence-corrected chi connectivity index (χ4v) is 4.58. The Kier molecular flexibility index (Phi) is 3.97. The summed E-state index contributed by atoms with van der Waals surface area (Å²) in [7, 11) is 0. The lowest BCUT2D eigenvalue weighted by atomic mass is 9.86. The number of carbonyl (C=O) groups is 1. The lowest BCUT2D eigenvalue weighted by molar-refractivity contribution is 0.131. The number of likely N-dealkylation sites (tertiary alicyclic amines) is 2. The number of amides is 2. The van der Waals surface area contributed by atoms with Crippen LogP contribution in [0.15, 0.2) is 24.7 Å². The van der Waals surface area contributed by atoms with Gasteiger partial charge in [0.1, 0.15) is 5.82 Å². The highest BCUT2D eigenvalue weighted by molar-refractivity contribution is 5.76. The molecule has 3 atom stereocenters. The number of aromatic amines is 1. The number of H-pyrrole nitrogens is 1. The van der Waals surface area contributed by atoms with Crippen LogP contribution in [0.2, 0.25) is 0 Å². The topological polar surface area (TPSA) is 93.3 Å². The quantitative estimate of drug-likeness (QED) is 0.705. The minimum atomic E-state index is -0.0333.